The van der Waals surface area contributed by atoms with Gasteiger partial charge in [-0.2, -0.15) is 0 Å². The molecule has 0 unspecified atom stereocenters. The van der Waals surface area contributed by atoms with E-state index in [0.717, 1.165) is 37.4 Å². The minimum absolute atomic E-state index is 0.203. The smallest absolute Gasteiger partial charge is 0.319 e. The lowest BCUT2D eigenvalue weighted by Crippen LogP contribution is -2.33. The first kappa shape index (κ1) is 17.6. The number of imidazole rings is 1. The van der Waals surface area contributed by atoms with Crippen LogP contribution in [0.25, 0.3) is 0 Å². The molecule has 1 fully saturated rings. The molecule has 1 aromatic heterocycles. The summed E-state index contributed by atoms with van der Waals surface area (Å²) in [6.45, 7) is 3.46. The van der Waals surface area contributed by atoms with Crippen LogP contribution in [0.2, 0.25) is 5.02 Å². The number of carbonyl (C=O) groups is 1. The number of carbonyl (C=O) groups excluding carboxylic acids is 1. The predicted molar refractivity (Wildman–Crippen MR) is 101 cm³/mol. The van der Waals surface area contributed by atoms with E-state index >= 15 is 0 Å². The van der Waals surface area contributed by atoms with Crippen LogP contribution in [-0.4, -0.2) is 35.2 Å². The first-order valence-corrected chi connectivity index (χ1v) is 9.15. The van der Waals surface area contributed by atoms with Crippen molar-refractivity contribution in [2.45, 2.75) is 32.2 Å². The second kappa shape index (κ2) is 8.76. The van der Waals surface area contributed by atoms with E-state index in [9.17, 15) is 4.79 Å². The Labute approximate surface area is 153 Å². The van der Waals surface area contributed by atoms with Crippen molar-refractivity contribution in [1.29, 1.82) is 0 Å². The summed E-state index contributed by atoms with van der Waals surface area (Å²) >= 11 is 6.12. The average molecular weight is 362 g/mol. The number of piperidine rings is 1. The van der Waals surface area contributed by atoms with Crippen LogP contribution in [0.15, 0.2) is 36.9 Å². The number of amides is 2. The predicted octanol–water partition coefficient (Wildman–Crippen LogP) is 3.74. The van der Waals surface area contributed by atoms with Crippen LogP contribution in [-0.2, 0) is 6.54 Å². The molecule has 0 spiro atoms. The van der Waals surface area contributed by atoms with Gasteiger partial charge in [0, 0.05) is 43.6 Å². The van der Waals surface area contributed by atoms with E-state index in [1.54, 1.807) is 12.5 Å². The summed E-state index contributed by atoms with van der Waals surface area (Å²) in [6, 6.07) is 5.48. The van der Waals surface area contributed by atoms with Gasteiger partial charge in [-0.1, -0.05) is 11.6 Å². The van der Waals surface area contributed by atoms with Crippen molar-refractivity contribution in [2.24, 2.45) is 0 Å². The number of hydrogen-bond donors (Lipinski definition) is 2. The van der Waals surface area contributed by atoms with Crippen molar-refractivity contribution in [3.05, 3.63) is 41.9 Å². The molecule has 0 radical (unpaired) electrons. The Balaban J connectivity index is 1.53. The summed E-state index contributed by atoms with van der Waals surface area (Å²) in [5, 5.41) is 6.47. The fourth-order valence-corrected chi connectivity index (χ4v) is 3.24. The molecule has 1 saturated heterocycles. The van der Waals surface area contributed by atoms with Crippen molar-refractivity contribution in [1.82, 2.24) is 14.9 Å². The standard InChI is InChI=1S/C18H24ClN5O/c19-15-5-6-17(24-10-2-1-3-11-24)16(13-15)22-18(25)21-7-4-9-23-12-8-20-14-23/h5-6,8,12-14H,1-4,7,9-11H2,(H2,21,22,25). The van der Waals surface area contributed by atoms with Gasteiger partial charge in [0.15, 0.2) is 0 Å². The topological polar surface area (TPSA) is 62.2 Å². The minimum atomic E-state index is -0.203. The largest absolute Gasteiger partial charge is 0.370 e. The number of benzene rings is 1. The Kier molecular flexibility index (Phi) is 6.17. The molecule has 134 valence electrons. The molecular formula is C18H24ClN5O. The molecule has 3 rings (SSSR count). The highest BCUT2D eigenvalue weighted by Crippen LogP contribution is 2.31. The zero-order valence-electron chi connectivity index (χ0n) is 14.2. The number of nitrogens with zero attached hydrogens (tertiary/aromatic N) is 3. The molecule has 1 aliphatic heterocycles. The summed E-state index contributed by atoms with van der Waals surface area (Å²) in [7, 11) is 0. The van der Waals surface area contributed by atoms with Crippen LogP contribution in [0.3, 0.4) is 0 Å². The number of rotatable bonds is 6. The van der Waals surface area contributed by atoms with Crippen molar-refractivity contribution in [3.8, 4) is 0 Å². The minimum Gasteiger partial charge on any atom is -0.370 e. The number of anilines is 2. The van der Waals surface area contributed by atoms with E-state index in [1.807, 2.05) is 29.0 Å². The number of aryl methyl sites for hydroxylation is 1. The molecule has 0 atom stereocenters. The summed E-state index contributed by atoms with van der Waals surface area (Å²) in [5.74, 6) is 0. The van der Waals surface area contributed by atoms with Gasteiger partial charge in [-0.3, -0.25) is 0 Å². The fourth-order valence-electron chi connectivity index (χ4n) is 3.07. The molecule has 25 heavy (non-hydrogen) atoms. The number of nitrogens with one attached hydrogen (secondary N) is 2. The van der Waals surface area contributed by atoms with Gasteiger partial charge >= 0.3 is 6.03 Å². The fraction of sp³-hybridized carbons (Fsp3) is 0.444. The zero-order valence-corrected chi connectivity index (χ0v) is 15.0. The summed E-state index contributed by atoms with van der Waals surface area (Å²) < 4.78 is 1.99. The Morgan fingerprint density at radius 1 is 1.24 bits per heavy atom. The first-order chi connectivity index (χ1) is 12.2. The first-order valence-electron chi connectivity index (χ1n) is 8.77. The van der Waals surface area contributed by atoms with Crippen LogP contribution in [0, 0.1) is 0 Å². The van der Waals surface area contributed by atoms with Crippen LogP contribution >= 0.6 is 11.6 Å². The summed E-state index contributed by atoms with van der Waals surface area (Å²) in [6.07, 6.45) is 9.92. The van der Waals surface area contributed by atoms with Crippen molar-refractivity contribution in [2.75, 3.05) is 29.9 Å². The van der Waals surface area contributed by atoms with E-state index in [1.165, 1.54) is 19.3 Å². The molecule has 2 heterocycles. The third-order valence-corrected chi connectivity index (χ3v) is 4.58. The lowest BCUT2D eigenvalue weighted by molar-refractivity contribution is 0.252. The van der Waals surface area contributed by atoms with E-state index < -0.39 is 0 Å². The van der Waals surface area contributed by atoms with E-state index in [2.05, 4.69) is 20.5 Å². The van der Waals surface area contributed by atoms with Crippen LogP contribution in [0.1, 0.15) is 25.7 Å². The zero-order chi connectivity index (χ0) is 17.5. The molecule has 1 aromatic carbocycles. The molecule has 1 aliphatic rings. The molecule has 2 N–H and O–H groups in total. The van der Waals surface area contributed by atoms with Gasteiger partial charge in [0.2, 0.25) is 0 Å². The van der Waals surface area contributed by atoms with Gasteiger partial charge in [0.25, 0.3) is 0 Å². The van der Waals surface area contributed by atoms with Crippen molar-refractivity contribution in [3.63, 3.8) is 0 Å². The number of halogens is 1. The molecule has 0 saturated carbocycles. The summed E-state index contributed by atoms with van der Waals surface area (Å²) in [5.41, 5.74) is 1.80. The maximum Gasteiger partial charge on any atom is 0.319 e. The maximum absolute atomic E-state index is 12.2. The van der Waals surface area contributed by atoms with Gasteiger partial charge in [-0.05, 0) is 43.9 Å². The Morgan fingerprint density at radius 2 is 2.08 bits per heavy atom. The number of hydrogen-bond acceptors (Lipinski definition) is 3. The molecular weight excluding hydrogens is 338 g/mol. The number of aromatic nitrogens is 2. The Hall–Kier alpha value is -2.21. The van der Waals surface area contributed by atoms with Crippen molar-refractivity contribution >= 4 is 29.0 Å². The van der Waals surface area contributed by atoms with Crippen LogP contribution in [0.4, 0.5) is 16.2 Å². The maximum atomic E-state index is 12.2. The SMILES string of the molecule is O=C(NCCCn1ccnc1)Nc1cc(Cl)ccc1N1CCCCC1. The molecule has 2 aromatic rings. The Morgan fingerprint density at radius 3 is 2.84 bits per heavy atom. The lowest BCUT2D eigenvalue weighted by atomic mass is 10.1. The molecule has 6 nitrogen and oxygen atoms in total. The van der Waals surface area contributed by atoms with Crippen LogP contribution < -0.4 is 15.5 Å². The van der Waals surface area contributed by atoms with Gasteiger partial charge in [-0.15, -0.1) is 0 Å². The highest BCUT2D eigenvalue weighted by Gasteiger charge is 2.16. The second-order valence-electron chi connectivity index (χ2n) is 6.24. The van der Waals surface area contributed by atoms with Gasteiger partial charge < -0.3 is 20.1 Å². The molecule has 0 aliphatic carbocycles. The average Bonchev–Trinajstić information content (AvgIpc) is 3.13. The second-order valence-corrected chi connectivity index (χ2v) is 6.68. The normalized spacial score (nSPS) is 14.4. The van der Waals surface area contributed by atoms with Gasteiger partial charge in [0.1, 0.15) is 0 Å². The van der Waals surface area contributed by atoms with Gasteiger partial charge in [-0.25, -0.2) is 9.78 Å². The highest BCUT2D eigenvalue weighted by atomic mass is 35.5. The third kappa shape index (κ3) is 5.13. The molecule has 0 bridgehead atoms. The van der Waals surface area contributed by atoms with E-state index in [-0.39, 0.29) is 6.03 Å². The van der Waals surface area contributed by atoms with E-state index in [0.29, 0.717) is 11.6 Å². The lowest BCUT2D eigenvalue weighted by Gasteiger charge is -2.30. The number of urea groups is 1. The van der Waals surface area contributed by atoms with Crippen molar-refractivity contribution < 1.29 is 4.79 Å². The monoisotopic (exact) mass is 361 g/mol. The summed E-state index contributed by atoms with van der Waals surface area (Å²) in [4.78, 5) is 18.5. The van der Waals surface area contributed by atoms with E-state index in [4.69, 9.17) is 11.6 Å². The highest BCUT2D eigenvalue weighted by molar-refractivity contribution is 6.31. The molecule has 7 heteroatoms. The van der Waals surface area contributed by atoms with Gasteiger partial charge in [0.05, 0.1) is 17.7 Å². The Bertz CT molecular complexity index is 683. The quantitative estimate of drug-likeness (QED) is 0.770. The third-order valence-electron chi connectivity index (χ3n) is 4.34. The van der Waals surface area contributed by atoms with Crippen LogP contribution in [0.5, 0.6) is 0 Å². The molecule has 2 amide bonds.